The maximum Gasteiger partial charge on any atom is 0.0366 e. The summed E-state index contributed by atoms with van der Waals surface area (Å²) < 4.78 is 0. The van der Waals surface area contributed by atoms with Crippen molar-refractivity contribution >= 4 is 0 Å². The molecule has 1 N–H and O–H groups in total. The number of likely N-dealkylation sites (tertiary alicyclic amines) is 1. The monoisotopic (exact) mass is 285 g/mol. The number of piperidine rings is 1. The van der Waals surface area contributed by atoms with Gasteiger partial charge in [-0.2, -0.15) is 0 Å². The molecule has 0 aromatic heterocycles. The Balaban J connectivity index is 0. The number of allylic oxidation sites excluding steroid dienone is 1. The molecule has 0 amide bonds. The zero-order chi connectivity index (χ0) is 9.90. The van der Waals surface area contributed by atoms with Crippen LogP contribution in [0.4, 0.5) is 0 Å². The standard InChI is InChI=1S/C11H21N2.CH3.Y/c1-5-13-8-6-11(4,7-9-13)12-10(2)3;;/h12H,1-2,5-9H2,3-4H3;1H3;/q2*-1;. The number of nitrogens with zero attached hydrogens (tertiary/aromatic N) is 1. The minimum Gasteiger partial charge on any atom is -0.384 e. The van der Waals surface area contributed by atoms with Crippen LogP contribution < -0.4 is 5.32 Å². The van der Waals surface area contributed by atoms with E-state index in [4.69, 9.17) is 0 Å². The number of nitrogens with one attached hydrogen (secondary N) is 1. The van der Waals surface area contributed by atoms with Crippen LogP contribution >= 0.6 is 0 Å². The van der Waals surface area contributed by atoms with Crippen LogP contribution in [0.1, 0.15) is 26.7 Å². The van der Waals surface area contributed by atoms with Gasteiger partial charge in [-0.1, -0.05) is 6.58 Å². The summed E-state index contributed by atoms with van der Waals surface area (Å²) in [6.07, 6.45) is 2.38. The topological polar surface area (TPSA) is 15.3 Å². The molecule has 1 heterocycles. The van der Waals surface area contributed by atoms with E-state index in [1.807, 2.05) is 6.92 Å². The van der Waals surface area contributed by atoms with Gasteiger partial charge < -0.3 is 24.6 Å². The fraction of sp³-hybridized carbons (Fsp3) is 0.667. The molecule has 0 aliphatic carbocycles. The number of rotatable bonds is 3. The molecule has 3 heteroatoms. The van der Waals surface area contributed by atoms with Crippen molar-refractivity contribution < 1.29 is 32.7 Å². The molecule has 0 unspecified atom stereocenters. The van der Waals surface area contributed by atoms with E-state index in [1.165, 1.54) is 12.8 Å². The smallest absolute Gasteiger partial charge is 0.0366 e. The van der Waals surface area contributed by atoms with E-state index >= 15 is 0 Å². The normalized spacial score (nSPS) is 19.7. The van der Waals surface area contributed by atoms with Crippen molar-refractivity contribution in [3.8, 4) is 0 Å². The van der Waals surface area contributed by atoms with Crippen molar-refractivity contribution in [2.75, 3.05) is 19.6 Å². The first-order valence-corrected chi connectivity index (χ1v) is 5.01. The van der Waals surface area contributed by atoms with Gasteiger partial charge in [0.2, 0.25) is 0 Å². The summed E-state index contributed by atoms with van der Waals surface area (Å²) in [7, 11) is 0. The first-order valence-electron chi connectivity index (χ1n) is 5.01. The molecule has 2 nitrogen and oxygen atoms in total. The summed E-state index contributed by atoms with van der Waals surface area (Å²) in [6, 6.07) is 0. The van der Waals surface area contributed by atoms with E-state index in [9.17, 15) is 0 Å². The maximum atomic E-state index is 3.91. The van der Waals surface area contributed by atoms with Gasteiger partial charge in [0.05, 0.1) is 0 Å². The molecule has 1 aliphatic rings. The summed E-state index contributed by atoms with van der Waals surface area (Å²) in [4.78, 5) is 2.39. The minimum absolute atomic E-state index is 0. The van der Waals surface area contributed by atoms with E-state index in [2.05, 4.69) is 30.6 Å². The number of hydrogen-bond acceptors (Lipinski definition) is 2. The molecule has 1 saturated heterocycles. The van der Waals surface area contributed by atoms with Crippen LogP contribution in [0.2, 0.25) is 0 Å². The van der Waals surface area contributed by atoms with Crippen LogP contribution in [0.15, 0.2) is 12.3 Å². The summed E-state index contributed by atoms with van der Waals surface area (Å²) in [5, 5.41) is 3.46. The molecule has 87 valence electrons. The van der Waals surface area contributed by atoms with Crippen LogP contribution in [0.25, 0.3) is 0 Å². The molecule has 15 heavy (non-hydrogen) atoms. The molecule has 1 fully saturated rings. The first kappa shape index (κ1) is 18.0. The summed E-state index contributed by atoms with van der Waals surface area (Å²) in [5.41, 5.74) is 1.34. The van der Waals surface area contributed by atoms with E-state index in [0.717, 1.165) is 25.3 Å². The van der Waals surface area contributed by atoms with Gasteiger partial charge in [-0.25, -0.2) is 0 Å². The second-order valence-corrected chi connectivity index (χ2v) is 4.31. The third kappa shape index (κ3) is 6.04. The van der Waals surface area contributed by atoms with Gasteiger partial charge in [0.25, 0.3) is 0 Å². The van der Waals surface area contributed by atoms with E-state index in [1.54, 1.807) is 0 Å². The Morgan fingerprint density at radius 3 is 2.27 bits per heavy atom. The van der Waals surface area contributed by atoms with E-state index in [0.29, 0.717) is 0 Å². The fourth-order valence-corrected chi connectivity index (χ4v) is 1.91. The average molecular weight is 285 g/mol. The summed E-state index contributed by atoms with van der Waals surface area (Å²) in [6.45, 7) is 15.3. The Morgan fingerprint density at radius 1 is 1.47 bits per heavy atom. The third-order valence-electron chi connectivity index (χ3n) is 2.79. The van der Waals surface area contributed by atoms with Crippen molar-refractivity contribution in [2.24, 2.45) is 0 Å². The Hall–Kier alpha value is 0.604. The largest absolute Gasteiger partial charge is 0.384 e. The number of hydrogen-bond donors (Lipinski definition) is 1. The Labute approximate surface area is 121 Å². The molecular weight excluding hydrogens is 261 g/mol. The minimum atomic E-state index is 0. The van der Waals surface area contributed by atoms with Crippen molar-refractivity contribution in [3.05, 3.63) is 26.6 Å². The Bertz CT molecular complexity index is 184. The molecule has 1 rings (SSSR count). The SMILES string of the molecule is C=C(C)NC1(C)CCN(C[CH2-])CC1.[CH3-].[Y]. The molecule has 0 spiro atoms. The van der Waals surface area contributed by atoms with E-state index < -0.39 is 0 Å². The first-order chi connectivity index (χ1) is 6.06. The van der Waals surface area contributed by atoms with Crippen molar-refractivity contribution in [1.29, 1.82) is 0 Å². The molecule has 1 aliphatic heterocycles. The van der Waals surface area contributed by atoms with Crippen molar-refractivity contribution in [1.82, 2.24) is 10.2 Å². The van der Waals surface area contributed by atoms with Crippen LogP contribution in [-0.2, 0) is 32.7 Å². The zero-order valence-corrected chi connectivity index (χ0v) is 13.3. The second kappa shape index (κ2) is 7.81. The predicted molar refractivity (Wildman–Crippen MR) is 63.8 cm³/mol. The van der Waals surface area contributed by atoms with Crippen molar-refractivity contribution in [3.63, 3.8) is 0 Å². The van der Waals surface area contributed by atoms with Gasteiger partial charge in [-0.15, -0.1) is 6.54 Å². The van der Waals surface area contributed by atoms with E-state index in [-0.39, 0.29) is 45.7 Å². The Kier molecular flexibility index (Phi) is 9.36. The molecule has 0 atom stereocenters. The maximum absolute atomic E-state index is 3.91. The van der Waals surface area contributed by atoms with Gasteiger partial charge in [0, 0.05) is 43.9 Å². The zero-order valence-electron chi connectivity index (χ0n) is 10.5. The molecule has 0 saturated carbocycles. The fourth-order valence-electron chi connectivity index (χ4n) is 1.91. The van der Waals surface area contributed by atoms with Gasteiger partial charge in [0.15, 0.2) is 0 Å². The van der Waals surface area contributed by atoms with Crippen LogP contribution in [0.3, 0.4) is 0 Å². The molecule has 0 aromatic rings. The van der Waals surface area contributed by atoms with Crippen LogP contribution in [0, 0.1) is 14.4 Å². The molecule has 0 aromatic carbocycles. The molecule has 1 radical (unpaired) electrons. The van der Waals surface area contributed by atoms with Gasteiger partial charge >= 0.3 is 0 Å². The van der Waals surface area contributed by atoms with Gasteiger partial charge in [-0.05, 0) is 39.8 Å². The molecule has 0 bridgehead atoms. The van der Waals surface area contributed by atoms with Crippen LogP contribution in [0.5, 0.6) is 0 Å². The van der Waals surface area contributed by atoms with Gasteiger partial charge in [0.1, 0.15) is 0 Å². The predicted octanol–water partition coefficient (Wildman–Crippen LogP) is 2.25. The van der Waals surface area contributed by atoms with Crippen LogP contribution in [-0.4, -0.2) is 30.1 Å². The summed E-state index contributed by atoms with van der Waals surface area (Å²) in [5.74, 6) is 0. The third-order valence-corrected chi connectivity index (χ3v) is 2.79. The molecular formula is C12H24N2Y-2. The van der Waals surface area contributed by atoms with Gasteiger partial charge in [-0.3, -0.25) is 0 Å². The summed E-state index contributed by atoms with van der Waals surface area (Å²) >= 11 is 0. The Morgan fingerprint density at radius 2 is 1.93 bits per heavy atom. The van der Waals surface area contributed by atoms with Crippen molar-refractivity contribution in [2.45, 2.75) is 32.2 Å². The quantitative estimate of drug-likeness (QED) is 0.800. The average Bonchev–Trinajstić information content (AvgIpc) is 2.04. The second-order valence-electron chi connectivity index (χ2n) is 4.31.